The lowest BCUT2D eigenvalue weighted by Gasteiger charge is -2.36. The van der Waals surface area contributed by atoms with Gasteiger partial charge in [0.15, 0.2) is 0 Å². The first-order valence-corrected chi connectivity index (χ1v) is 10.9. The van der Waals surface area contributed by atoms with Gasteiger partial charge in [-0.15, -0.1) is 0 Å². The van der Waals surface area contributed by atoms with E-state index in [2.05, 4.69) is 35.4 Å². The van der Waals surface area contributed by atoms with Gasteiger partial charge in [0.2, 0.25) is 0 Å². The third-order valence-electron chi connectivity index (χ3n) is 5.87. The Labute approximate surface area is 180 Å². The fourth-order valence-electron chi connectivity index (χ4n) is 3.99. The quantitative estimate of drug-likeness (QED) is 0.726. The number of carbonyl (C=O) groups excluding carboxylic acids is 1. The number of rotatable bonds is 5. The van der Waals surface area contributed by atoms with E-state index >= 15 is 0 Å². The monoisotopic (exact) mass is 409 g/mol. The standard InChI is InChI=1S/C25H35N3O2/c1-18-6-7-20(19-12-14-26-15-13-19)16-21(18)17-27-22-8-10-23(11-9-22)28(5)24(29)30-25(2,3)4/h6-7,12-16,22-23,27H,8-11,17H2,1-5H3. The molecule has 1 aliphatic carbocycles. The molecule has 5 heteroatoms. The summed E-state index contributed by atoms with van der Waals surface area (Å²) in [4.78, 5) is 18.2. The average Bonchev–Trinajstić information content (AvgIpc) is 2.72. The van der Waals surface area contributed by atoms with E-state index in [-0.39, 0.29) is 12.1 Å². The maximum atomic E-state index is 12.3. The van der Waals surface area contributed by atoms with Crippen LogP contribution >= 0.6 is 0 Å². The summed E-state index contributed by atoms with van der Waals surface area (Å²) in [7, 11) is 1.86. The van der Waals surface area contributed by atoms with Crippen LogP contribution < -0.4 is 5.32 Å². The van der Waals surface area contributed by atoms with Crippen LogP contribution in [0, 0.1) is 6.92 Å². The van der Waals surface area contributed by atoms with Crippen molar-refractivity contribution in [2.24, 2.45) is 0 Å². The van der Waals surface area contributed by atoms with Crippen LogP contribution in [0.2, 0.25) is 0 Å². The van der Waals surface area contributed by atoms with Crippen molar-refractivity contribution in [2.45, 2.75) is 77.6 Å². The first kappa shape index (κ1) is 22.3. The van der Waals surface area contributed by atoms with Gasteiger partial charge < -0.3 is 15.0 Å². The summed E-state index contributed by atoms with van der Waals surface area (Å²) in [6.45, 7) is 8.75. The van der Waals surface area contributed by atoms with E-state index in [1.54, 1.807) is 4.90 Å². The first-order valence-electron chi connectivity index (χ1n) is 10.9. The molecular weight excluding hydrogens is 374 g/mol. The van der Waals surface area contributed by atoms with Gasteiger partial charge in [0.1, 0.15) is 5.60 Å². The number of nitrogens with one attached hydrogen (secondary N) is 1. The second-order valence-electron chi connectivity index (χ2n) is 9.35. The zero-order valence-electron chi connectivity index (χ0n) is 18.9. The Morgan fingerprint density at radius 3 is 2.40 bits per heavy atom. The summed E-state index contributed by atoms with van der Waals surface area (Å²) in [6.07, 6.45) is 7.59. The van der Waals surface area contributed by atoms with E-state index in [0.29, 0.717) is 6.04 Å². The summed E-state index contributed by atoms with van der Waals surface area (Å²) in [5.74, 6) is 0. The maximum Gasteiger partial charge on any atom is 0.410 e. The second kappa shape index (κ2) is 9.61. The number of nitrogens with zero attached hydrogens (tertiary/aromatic N) is 2. The van der Waals surface area contributed by atoms with Crippen LogP contribution in [0.4, 0.5) is 4.79 Å². The molecule has 0 unspecified atom stereocenters. The molecule has 0 atom stereocenters. The molecule has 162 valence electrons. The van der Waals surface area contributed by atoms with Crippen LogP contribution in [0.5, 0.6) is 0 Å². The molecule has 1 amide bonds. The number of carbonyl (C=O) groups is 1. The lowest BCUT2D eigenvalue weighted by atomic mass is 9.90. The molecule has 1 aromatic carbocycles. The molecule has 1 aliphatic rings. The van der Waals surface area contributed by atoms with Crippen molar-refractivity contribution < 1.29 is 9.53 Å². The van der Waals surface area contributed by atoms with Crippen molar-refractivity contribution in [3.63, 3.8) is 0 Å². The number of ether oxygens (including phenoxy) is 1. The number of pyridine rings is 1. The first-order chi connectivity index (χ1) is 14.2. The van der Waals surface area contributed by atoms with E-state index in [0.717, 1.165) is 32.2 Å². The molecule has 0 spiro atoms. The van der Waals surface area contributed by atoms with Crippen molar-refractivity contribution in [1.82, 2.24) is 15.2 Å². The predicted octanol–water partition coefficient (Wildman–Crippen LogP) is 5.32. The van der Waals surface area contributed by atoms with Gasteiger partial charge in [-0.2, -0.15) is 0 Å². The highest BCUT2D eigenvalue weighted by Gasteiger charge is 2.29. The normalized spacial score (nSPS) is 19.4. The van der Waals surface area contributed by atoms with E-state index in [4.69, 9.17) is 4.74 Å². The molecule has 1 N–H and O–H groups in total. The molecule has 0 bridgehead atoms. The lowest BCUT2D eigenvalue weighted by molar-refractivity contribution is 0.0179. The Kier molecular flexibility index (Phi) is 7.14. The maximum absolute atomic E-state index is 12.3. The molecule has 3 rings (SSSR count). The van der Waals surface area contributed by atoms with Crippen LogP contribution in [-0.2, 0) is 11.3 Å². The zero-order valence-corrected chi connectivity index (χ0v) is 18.9. The molecule has 0 radical (unpaired) electrons. The highest BCUT2D eigenvalue weighted by atomic mass is 16.6. The van der Waals surface area contributed by atoms with Crippen molar-refractivity contribution >= 4 is 6.09 Å². The average molecular weight is 410 g/mol. The topological polar surface area (TPSA) is 54.5 Å². The van der Waals surface area contributed by atoms with Gasteiger partial charge in [0.05, 0.1) is 0 Å². The minimum Gasteiger partial charge on any atom is -0.444 e. The predicted molar refractivity (Wildman–Crippen MR) is 121 cm³/mol. The van der Waals surface area contributed by atoms with Crippen LogP contribution in [0.15, 0.2) is 42.7 Å². The molecule has 2 aromatic rings. The van der Waals surface area contributed by atoms with Crippen molar-refractivity contribution in [1.29, 1.82) is 0 Å². The van der Waals surface area contributed by atoms with Gasteiger partial charge in [-0.05, 0) is 93.8 Å². The van der Waals surface area contributed by atoms with Crippen molar-refractivity contribution in [2.75, 3.05) is 7.05 Å². The van der Waals surface area contributed by atoms with Crippen LogP contribution in [0.3, 0.4) is 0 Å². The third-order valence-corrected chi connectivity index (χ3v) is 5.87. The van der Waals surface area contributed by atoms with E-state index in [1.165, 1.54) is 22.3 Å². The number of aryl methyl sites for hydroxylation is 1. The Hall–Kier alpha value is -2.40. The third kappa shape index (κ3) is 6.05. The highest BCUT2D eigenvalue weighted by molar-refractivity contribution is 5.68. The van der Waals surface area contributed by atoms with Gasteiger partial charge in [-0.1, -0.05) is 12.1 Å². The highest BCUT2D eigenvalue weighted by Crippen LogP contribution is 2.25. The number of benzene rings is 1. The van der Waals surface area contributed by atoms with Crippen molar-refractivity contribution in [3.8, 4) is 11.1 Å². The zero-order chi connectivity index (χ0) is 21.7. The fourth-order valence-corrected chi connectivity index (χ4v) is 3.99. The largest absolute Gasteiger partial charge is 0.444 e. The minimum atomic E-state index is -0.452. The molecule has 1 fully saturated rings. The Bertz CT molecular complexity index is 837. The van der Waals surface area contributed by atoms with Crippen LogP contribution in [0.25, 0.3) is 11.1 Å². The molecule has 1 heterocycles. The van der Waals surface area contributed by atoms with Gasteiger partial charge in [0, 0.05) is 38.1 Å². The summed E-state index contributed by atoms with van der Waals surface area (Å²) in [5.41, 5.74) is 4.60. The SMILES string of the molecule is Cc1ccc(-c2ccncc2)cc1CNC1CCC(N(C)C(=O)OC(C)(C)C)CC1. The Morgan fingerprint density at radius 2 is 1.77 bits per heavy atom. The van der Waals surface area contributed by atoms with Crippen molar-refractivity contribution in [3.05, 3.63) is 53.9 Å². The fraction of sp³-hybridized carbons (Fsp3) is 0.520. The summed E-state index contributed by atoms with van der Waals surface area (Å²) in [5, 5.41) is 3.74. The lowest BCUT2D eigenvalue weighted by Crippen LogP contribution is -2.44. The summed E-state index contributed by atoms with van der Waals surface area (Å²) >= 11 is 0. The Balaban J connectivity index is 1.52. The van der Waals surface area contributed by atoms with E-state index in [1.807, 2.05) is 52.3 Å². The molecule has 5 nitrogen and oxygen atoms in total. The molecule has 0 saturated heterocycles. The van der Waals surface area contributed by atoms with E-state index in [9.17, 15) is 4.79 Å². The number of hydrogen-bond acceptors (Lipinski definition) is 4. The molecule has 0 aliphatic heterocycles. The number of amides is 1. The van der Waals surface area contributed by atoms with Gasteiger partial charge in [-0.3, -0.25) is 4.98 Å². The summed E-state index contributed by atoms with van der Waals surface area (Å²) in [6, 6.07) is 11.5. The van der Waals surface area contributed by atoms with Crippen LogP contribution in [0.1, 0.15) is 57.6 Å². The number of aromatic nitrogens is 1. The Morgan fingerprint density at radius 1 is 1.10 bits per heavy atom. The molecule has 1 aromatic heterocycles. The van der Waals surface area contributed by atoms with Gasteiger partial charge in [0.25, 0.3) is 0 Å². The van der Waals surface area contributed by atoms with Gasteiger partial charge in [-0.25, -0.2) is 4.79 Å². The smallest absolute Gasteiger partial charge is 0.410 e. The molecule has 1 saturated carbocycles. The van der Waals surface area contributed by atoms with Gasteiger partial charge >= 0.3 is 6.09 Å². The second-order valence-corrected chi connectivity index (χ2v) is 9.35. The minimum absolute atomic E-state index is 0.220. The molecule has 30 heavy (non-hydrogen) atoms. The molecular formula is C25H35N3O2. The van der Waals surface area contributed by atoms with Crippen LogP contribution in [-0.4, -0.2) is 40.7 Å². The van der Waals surface area contributed by atoms with E-state index < -0.39 is 5.60 Å². The number of hydrogen-bond donors (Lipinski definition) is 1. The summed E-state index contributed by atoms with van der Waals surface area (Å²) < 4.78 is 5.51.